The Balaban J connectivity index is 1.08. The number of anilines is 1. The third-order valence-electron chi connectivity index (χ3n) is 12.8. The minimum absolute atomic E-state index is 0.000375. The highest BCUT2D eigenvalue weighted by atomic mass is 35.5. The van der Waals surface area contributed by atoms with Gasteiger partial charge in [-0.25, -0.2) is 14.4 Å². The molecule has 1 saturated carbocycles. The first-order valence-corrected chi connectivity index (χ1v) is 26.5. The summed E-state index contributed by atoms with van der Waals surface area (Å²) < 4.78 is 29.2. The third-order valence-corrected chi connectivity index (χ3v) is 17.6. The zero-order valence-electron chi connectivity index (χ0n) is 41.0. The number of aromatic nitrogens is 1. The topological polar surface area (TPSA) is 213 Å². The minimum atomic E-state index is -2.32. The monoisotopic (exact) mass is 983 g/mol. The molecule has 7 N–H and O–H groups in total. The van der Waals surface area contributed by atoms with Crippen molar-refractivity contribution in [2.45, 2.75) is 122 Å². The van der Waals surface area contributed by atoms with Crippen LogP contribution < -0.4 is 36.7 Å². The van der Waals surface area contributed by atoms with Gasteiger partial charge >= 0.3 is 18.3 Å². The van der Waals surface area contributed by atoms with Gasteiger partial charge < -0.3 is 49.8 Å². The number of H-pyrrole nitrogens is 1. The molecule has 0 bridgehead atoms. The number of hydrogen-bond donors (Lipinski definition) is 6. The van der Waals surface area contributed by atoms with Crippen LogP contribution in [0.3, 0.4) is 0 Å². The highest BCUT2D eigenvalue weighted by Crippen LogP contribution is 2.43. The first kappa shape index (κ1) is 52.3. The van der Waals surface area contributed by atoms with Crippen molar-refractivity contribution in [3.63, 3.8) is 0 Å². The molecular formula is C52H66ClN5O10Si. The summed E-state index contributed by atoms with van der Waals surface area (Å²) >= 11 is 6.73. The first-order chi connectivity index (χ1) is 32.5. The van der Waals surface area contributed by atoms with Crippen LogP contribution in [-0.2, 0) is 26.9 Å². The van der Waals surface area contributed by atoms with Crippen molar-refractivity contribution in [3.8, 4) is 28.4 Å². The van der Waals surface area contributed by atoms with Crippen LogP contribution in [0.15, 0.2) is 83.7 Å². The number of hydrogen-bond acceptors (Lipinski definition) is 11. The summed E-state index contributed by atoms with van der Waals surface area (Å²) in [5.41, 5.74) is 10.3. The molecule has 15 nitrogen and oxygen atoms in total. The number of primary amides is 1. The Kier molecular flexibility index (Phi) is 16.8. The summed E-state index contributed by atoms with van der Waals surface area (Å²) in [7, 11) is -0.789. The van der Waals surface area contributed by atoms with E-state index < -0.39 is 38.3 Å². The van der Waals surface area contributed by atoms with E-state index in [2.05, 4.69) is 60.9 Å². The van der Waals surface area contributed by atoms with Gasteiger partial charge in [0.05, 0.1) is 36.0 Å². The highest BCUT2D eigenvalue weighted by molar-refractivity contribution is 6.74. The largest absolute Gasteiger partial charge is 0.506 e. The number of benzene rings is 4. The average Bonchev–Trinajstić information content (AvgIpc) is 3.26. The third kappa shape index (κ3) is 13.8. The lowest BCUT2D eigenvalue weighted by Gasteiger charge is -2.39. The number of fused-ring (bicyclic) bond motifs is 1. The van der Waals surface area contributed by atoms with Gasteiger partial charge in [-0.1, -0.05) is 74.8 Å². The Labute approximate surface area is 409 Å². The highest BCUT2D eigenvalue weighted by Gasteiger charge is 2.40. The summed E-state index contributed by atoms with van der Waals surface area (Å²) in [6.45, 7) is 17.1. The van der Waals surface area contributed by atoms with Gasteiger partial charge in [0.1, 0.15) is 22.8 Å². The Hall–Kier alpha value is -6.07. The number of amides is 3. The number of phenolic OH excluding ortho intramolecular Hbond substituents is 1. The lowest BCUT2D eigenvalue weighted by molar-refractivity contribution is 0.0491. The summed E-state index contributed by atoms with van der Waals surface area (Å²) in [5, 5.41) is 20.7. The van der Waals surface area contributed by atoms with E-state index in [1.165, 1.54) is 13.2 Å². The van der Waals surface area contributed by atoms with E-state index in [0.29, 0.717) is 47.4 Å². The van der Waals surface area contributed by atoms with Crippen LogP contribution in [0, 0.1) is 0 Å². The number of nitrogens with one attached hydrogen (secondary N) is 4. The number of halogens is 1. The standard InChI is InChI=1S/C52H66ClN5O10Si/c1-51(2,3)67-50(63)56-34-17-15-32(16-18-34)35-12-10-11-13-36(35)37-19-14-31(26-44(37)66-48(54)61)24-25-65-49(62)57-41-28-43(64-7)33(27-40(41)53)29-55-30-45(68-69(8,9)52(4,5)6)38-20-22-42(59)47-39(38)21-23-46(60)58-47/h10-14,19-23,26-28,32,34,45,55,59H,15-18,24-25,29-30H2,1-9H3,(H2,54,61)(H,56,63)(H,57,62)(H,58,60)/t32-,34-,45-/m0/s1. The van der Waals surface area contributed by atoms with Crippen LogP contribution in [0.1, 0.15) is 102 Å². The molecule has 0 saturated heterocycles. The molecule has 1 aliphatic carbocycles. The van der Waals surface area contributed by atoms with Crippen molar-refractivity contribution in [1.29, 1.82) is 0 Å². The van der Waals surface area contributed by atoms with E-state index in [4.69, 9.17) is 40.7 Å². The van der Waals surface area contributed by atoms with Gasteiger partial charge in [0, 0.05) is 54.2 Å². The van der Waals surface area contributed by atoms with Crippen LogP contribution >= 0.6 is 11.6 Å². The normalized spacial score (nSPS) is 15.8. The van der Waals surface area contributed by atoms with E-state index in [9.17, 15) is 24.3 Å². The van der Waals surface area contributed by atoms with Crippen LogP contribution in [-0.4, -0.2) is 68.6 Å². The maximum Gasteiger partial charge on any atom is 0.411 e. The Bertz CT molecular complexity index is 2710. The molecule has 5 aromatic rings. The number of phenols is 1. The van der Waals surface area contributed by atoms with E-state index in [1.807, 2.05) is 57.2 Å². The van der Waals surface area contributed by atoms with Crippen LogP contribution in [0.25, 0.3) is 22.0 Å². The SMILES string of the molecule is COc1cc(NC(=O)OCCc2ccc(-c3ccccc3[C@H]3CC[C@H](NC(=O)OC(C)(C)C)CC3)c(OC(N)=O)c2)c(Cl)cc1CNC[C@H](O[Si](C)(C)C(C)(C)C)c1ccc(O)c2[nH]c(=O)ccc12. The molecule has 370 valence electrons. The fourth-order valence-electron chi connectivity index (χ4n) is 8.31. The first-order valence-electron chi connectivity index (χ1n) is 23.2. The predicted molar refractivity (Wildman–Crippen MR) is 272 cm³/mol. The number of ether oxygens (including phenoxy) is 4. The van der Waals surface area contributed by atoms with Gasteiger partial charge in [0.25, 0.3) is 0 Å². The van der Waals surface area contributed by atoms with Crippen LogP contribution in [0.4, 0.5) is 20.1 Å². The molecule has 3 amide bonds. The number of rotatable bonds is 16. The van der Waals surface area contributed by atoms with Crippen molar-refractivity contribution in [3.05, 3.63) is 116 Å². The maximum atomic E-state index is 13.1. The maximum absolute atomic E-state index is 13.1. The number of pyridine rings is 1. The lowest BCUT2D eigenvalue weighted by atomic mass is 9.79. The van der Waals surface area contributed by atoms with Gasteiger partial charge in [-0.15, -0.1) is 0 Å². The fraction of sp³-hybridized carbons (Fsp3) is 0.423. The van der Waals surface area contributed by atoms with E-state index in [0.717, 1.165) is 53.5 Å². The van der Waals surface area contributed by atoms with Crippen molar-refractivity contribution in [2.24, 2.45) is 5.73 Å². The number of alkyl carbamates (subject to hydrolysis) is 1. The Morgan fingerprint density at radius 3 is 2.30 bits per heavy atom. The summed E-state index contributed by atoms with van der Waals surface area (Å²) in [4.78, 5) is 52.6. The summed E-state index contributed by atoms with van der Waals surface area (Å²) in [6, 6.07) is 23.4. The number of carbonyl (C=O) groups is 3. The second-order valence-electron chi connectivity index (χ2n) is 20.0. The molecule has 0 aliphatic heterocycles. The molecule has 4 aromatic carbocycles. The van der Waals surface area contributed by atoms with Crippen molar-refractivity contribution in [2.75, 3.05) is 25.6 Å². The molecule has 17 heteroatoms. The van der Waals surface area contributed by atoms with Gasteiger partial charge in [-0.05, 0) is 117 Å². The zero-order chi connectivity index (χ0) is 50.3. The number of methoxy groups -OCH3 is 1. The smallest absolute Gasteiger partial charge is 0.411 e. The zero-order valence-corrected chi connectivity index (χ0v) is 42.7. The Morgan fingerprint density at radius 1 is 0.899 bits per heavy atom. The molecule has 0 spiro atoms. The molecule has 0 unspecified atom stereocenters. The molecule has 6 rings (SSSR count). The van der Waals surface area contributed by atoms with Gasteiger partial charge in [0.2, 0.25) is 5.56 Å². The molecule has 1 aliphatic rings. The number of nitrogens with two attached hydrogens (primary N) is 1. The number of carbonyl (C=O) groups excluding carboxylic acids is 3. The lowest BCUT2D eigenvalue weighted by Crippen LogP contribution is -2.43. The van der Waals surface area contributed by atoms with Gasteiger partial charge in [0.15, 0.2) is 8.32 Å². The van der Waals surface area contributed by atoms with E-state index >= 15 is 0 Å². The van der Waals surface area contributed by atoms with Gasteiger partial charge in [-0.3, -0.25) is 10.1 Å². The van der Waals surface area contributed by atoms with Crippen LogP contribution in [0.2, 0.25) is 23.2 Å². The van der Waals surface area contributed by atoms with Crippen molar-refractivity contribution in [1.82, 2.24) is 15.6 Å². The Morgan fingerprint density at radius 2 is 1.62 bits per heavy atom. The van der Waals surface area contributed by atoms with Crippen molar-refractivity contribution >= 4 is 54.8 Å². The summed E-state index contributed by atoms with van der Waals surface area (Å²) in [5.74, 6) is 0.950. The van der Waals surface area contributed by atoms with Crippen LogP contribution in [0.5, 0.6) is 17.2 Å². The minimum Gasteiger partial charge on any atom is -0.506 e. The number of aromatic hydroxyl groups is 1. The van der Waals surface area contributed by atoms with Crippen molar-refractivity contribution < 1.29 is 42.9 Å². The van der Waals surface area contributed by atoms with Gasteiger partial charge in [-0.2, -0.15) is 0 Å². The second kappa shape index (κ2) is 22.1. The van der Waals surface area contributed by atoms with E-state index in [1.54, 1.807) is 30.3 Å². The molecule has 1 aromatic heterocycles. The fourth-order valence-corrected chi connectivity index (χ4v) is 9.82. The van der Waals surface area contributed by atoms with E-state index in [-0.39, 0.29) is 45.7 Å². The predicted octanol–water partition coefficient (Wildman–Crippen LogP) is 11.2. The second-order valence-corrected chi connectivity index (χ2v) is 25.1. The molecule has 0 radical (unpaired) electrons. The molecular weight excluding hydrogens is 918 g/mol. The molecule has 1 atom stereocenters. The molecule has 1 fully saturated rings. The quantitative estimate of drug-likeness (QED) is 0.0512. The number of aromatic amines is 1. The average molecular weight is 985 g/mol. The molecule has 69 heavy (non-hydrogen) atoms. The summed E-state index contributed by atoms with van der Waals surface area (Å²) in [6.07, 6.45) is 1.06. The molecule has 1 heterocycles.